The average Bonchev–Trinajstić information content (AvgIpc) is 3.25. The highest BCUT2D eigenvalue weighted by molar-refractivity contribution is 7.98. The summed E-state index contributed by atoms with van der Waals surface area (Å²) in [5, 5.41) is 13.0. The predicted octanol–water partition coefficient (Wildman–Crippen LogP) is 0.789. The van der Waals surface area contributed by atoms with Gasteiger partial charge in [-0.1, -0.05) is 0 Å². The number of thioether (sulfide) groups is 1. The highest BCUT2D eigenvalue weighted by Gasteiger charge is 2.26. The molecular formula is C16H22N6OS. The maximum Gasteiger partial charge on any atom is 0.267 e. The van der Waals surface area contributed by atoms with Gasteiger partial charge in [-0.05, 0) is 30.7 Å². The van der Waals surface area contributed by atoms with E-state index in [2.05, 4.69) is 20.2 Å². The van der Waals surface area contributed by atoms with E-state index >= 15 is 0 Å². The van der Waals surface area contributed by atoms with Crippen molar-refractivity contribution in [1.29, 1.82) is 0 Å². The van der Waals surface area contributed by atoms with Gasteiger partial charge in [-0.25, -0.2) is 4.68 Å². The molecule has 0 spiro atoms. The zero-order valence-electron chi connectivity index (χ0n) is 13.7. The fourth-order valence-corrected chi connectivity index (χ4v) is 4.51. The molecule has 1 fully saturated rings. The van der Waals surface area contributed by atoms with E-state index in [-0.39, 0.29) is 5.56 Å². The van der Waals surface area contributed by atoms with Gasteiger partial charge in [-0.3, -0.25) is 9.69 Å². The summed E-state index contributed by atoms with van der Waals surface area (Å²) in [6, 6.07) is 2.17. The lowest BCUT2D eigenvalue weighted by atomic mass is 10.2. The van der Waals surface area contributed by atoms with Crippen LogP contribution in [0.2, 0.25) is 0 Å². The zero-order valence-corrected chi connectivity index (χ0v) is 14.5. The molecule has 2 aromatic heterocycles. The fraction of sp³-hybridized carbons (Fsp3) is 0.625. The van der Waals surface area contributed by atoms with Crippen LogP contribution in [0.5, 0.6) is 0 Å². The number of fused-ring (bicyclic) bond motifs is 1. The maximum absolute atomic E-state index is 12.4. The zero-order chi connectivity index (χ0) is 16.4. The van der Waals surface area contributed by atoms with Crippen molar-refractivity contribution in [2.45, 2.75) is 44.1 Å². The van der Waals surface area contributed by atoms with Gasteiger partial charge in [0.15, 0.2) is 0 Å². The first-order chi connectivity index (χ1) is 11.8. The number of rotatable bonds is 5. The Bertz CT molecular complexity index is 744. The highest BCUT2D eigenvalue weighted by atomic mass is 32.2. The maximum atomic E-state index is 12.4. The molecule has 7 nitrogen and oxygen atoms in total. The number of likely N-dealkylation sites (tertiary alicyclic amines) is 1. The third-order valence-corrected chi connectivity index (χ3v) is 5.85. The molecule has 8 heteroatoms. The molecule has 0 aromatic carbocycles. The summed E-state index contributed by atoms with van der Waals surface area (Å²) < 4.78 is 1.68. The Morgan fingerprint density at radius 3 is 3.00 bits per heavy atom. The molecule has 4 heterocycles. The largest absolute Gasteiger partial charge is 0.297 e. The van der Waals surface area contributed by atoms with Crippen molar-refractivity contribution in [1.82, 2.24) is 29.7 Å². The van der Waals surface area contributed by atoms with Gasteiger partial charge in [0, 0.05) is 30.8 Å². The van der Waals surface area contributed by atoms with E-state index in [1.54, 1.807) is 27.9 Å². The minimum Gasteiger partial charge on any atom is -0.297 e. The van der Waals surface area contributed by atoms with Gasteiger partial charge >= 0.3 is 0 Å². The SMILES string of the molecule is O=c1cc2c(nn1CC1CCCN1CCn1nccn1)CCSC2. The average molecular weight is 346 g/mol. The van der Waals surface area contributed by atoms with Crippen molar-refractivity contribution in [2.75, 3.05) is 18.8 Å². The first-order valence-electron chi connectivity index (χ1n) is 8.55. The monoisotopic (exact) mass is 346 g/mol. The van der Waals surface area contributed by atoms with E-state index in [1.165, 1.54) is 6.42 Å². The van der Waals surface area contributed by atoms with Crippen molar-refractivity contribution in [3.63, 3.8) is 0 Å². The lowest BCUT2D eigenvalue weighted by Crippen LogP contribution is -2.39. The molecule has 0 aliphatic carbocycles. The Morgan fingerprint density at radius 2 is 2.12 bits per heavy atom. The molecule has 2 aliphatic heterocycles. The van der Waals surface area contributed by atoms with Crippen LogP contribution in [-0.2, 0) is 25.3 Å². The van der Waals surface area contributed by atoms with E-state index in [0.29, 0.717) is 12.6 Å². The predicted molar refractivity (Wildman–Crippen MR) is 93.0 cm³/mol. The molecule has 0 radical (unpaired) electrons. The van der Waals surface area contributed by atoms with Gasteiger partial charge in [0.05, 0.1) is 31.2 Å². The second kappa shape index (κ2) is 7.06. The molecule has 1 unspecified atom stereocenters. The van der Waals surface area contributed by atoms with Crippen LogP contribution in [0.15, 0.2) is 23.3 Å². The third kappa shape index (κ3) is 3.39. The molecule has 1 saturated heterocycles. The third-order valence-electron chi connectivity index (χ3n) is 4.84. The Kier molecular flexibility index (Phi) is 4.66. The Labute approximate surface area is 145 Å². The Hall–Kier alpha value is -1.67. The van der Waals surface area contributed by atoms with Gasteiger partial charge in [0.2, 0.25) is 0 Å². The second-order valence-corrected chi connectivity index (χ2v) is 7.50. The molecule has 0 amide bonds. The first kappa shape index (κ1) is 15.8. The van der Waals surface area contributed by atoms with Crippen LogP contribution >= 0.6 is 11.8 Å². The van der Waals surface area contributed by atoms with E-state index < -0.39 is 0 Å². The summed E-state index contributed by atoms with van der Waals surface area (Å²) >= 11 is 1.88. The quantitative estimate of drug-likeness (QED) is 0.797. The number of nitrogens with zero attached hydrogens (tertiary/aromatic N) is 6. The Balaban J connectivity index is 1.44. The summed E-state index contributed by atoms with van der Waals surface area (Å²) in [6.45, 7) is 3.46. The van der Waals surface area contributed by atoms with Gasteiger partial charge in [0.1, 0.15) is 0 Å². The van der Waals surface area contributed by atoms with Crippen LogP contribution in [0, 0.1) is 0 Å². The second-order valence-electron chi connectivity index (χ2n) is 6.40. The minimum atomic E-state index is 0.0387. The normalized spacial score (nSPS) is 21.1. The van der Waals surface area contributed by atoms with Crippen molar-refractivity contribution in [3.8, 4) is 0 Å². The van der Waals surface area contributed by atoms with Crippen LogP contribution in [-0.4, -0.2) is 54.6 Å². The summed E-state index contributed by atoms with van der Waals surface area (Å²) in [5.41, 5.74) is 2.27. The molecule has 0 N–H and O–H groups in total. The highest BCUT2D eigenvalue weighted by Crippen LogP contribution is 2.22. The van der Waals surface area contributed by atoms with Crippen molar-refractivity contribution in [2.24, 2.45) is 0 Å². The van der Waals surface area contributed by atoms with Gasteiger partial charge in [0.25, 0.3) is 5.56 Å². The summed E-state index contributed by atoms with van der Waals surface area (Å²) in [6.07, 6.45) is 6.67. The van der Waals surface area contributed by atoms with Gasteiger partial charge in [-0.2, -0.15) is 31.9 Å². The molecule has 2 aromatic rings. The topological polar surface area (TPSA) is 68.8 Å². The smallest absolute Gasteiger partial charge is 0.267 e. The van der Waals surface area contributed by atoms with Crippen LogP contribution in [0.3, 0.4) is 0 Å². The van der Waals surface area contributed by atoms with Crippen LogP contribution in [0.4, 0.5) is 0 Å². The summed E-state index contributed by atoms with van der Waals surface area (Å²) in [5.74, 6) is 2.02. The van der Waals surface area contributed by atoms with E-state index in [0.717, 1.165) is 55.2 Å². The van der Waals surface area contributed by atoms with Crippen molar-refractivity contribution < 1.29 is 0 Å². The minimum absolute atomic E-state index is 0.0387. The van der Waals surface area contributed by atoms with Crippen molar-refractivity contribution in [3.05, 3.63) is 40.1 Å². The van der Waals surface area contributed by atoms with Crippen LogP contribution < -0.4 is 5.56 Å². The molecule has 0 saturated carbocycles. The van der Waals surface area contributed by atoms with Gasteiger partial charge in [-0.15, -0.1) is 0 Å². The summed E-state index contributed by atoms with van der Waals surface area (Å²) in [7, 11) is 0. The summed E-state index contributed by atoms with van der Waals surface area (Å²) in [4.78, 5) is 16.5. The van der Waals surface area contributed by atoms with Crippen LogP contribution in [0.1, 0.15) is 24.1 Å². The van der Waals surface area contributed by atoms with E-state index in [1.807, 2.05) is 11.8 Å². The number of aromatic nitrogens is 5. The number of hydrogen-bond donors (Lipinski definition) is 0. The molecular weight excluding hydrogens is 324 g/mol. The van der Waals surface area contributed by atoms with E-state index in [4.69, 9.17) is 0 Å². The molecule has 1 atom stereocenters. The lowest BCUT2D eigenvalue weighted by Gasteiger charge is -2.25. The Morgan fingerprint density at radius 1 is 1.25 bits per heavy atom. The van der Waals surface area contributed by atoms with Crippen molar-refractivity contribution >= 4 is 11.8 Å². The molecule has 0 bridgehead atoms. The fourth-order valence-electron chi connectivity index (χ4n) is 3.56. The standard InChI is InChI=1S/C16H22N6OS/c23-16-10-13-12-24-9-3-15(13)19-21(16)11-14-2-1-6-20(14)7-8-22-17-4-5-18-22/h4-5,10,14H,1-3,6-9,11-12H2. The molecule has 2 aliphatic rings. The number of hydrogen-bond acceptors (Lipinski definition) is 6. The lowest BCUT2D eigenvalue weighted by molar-refractivity contribution is 0.210. The number of aryl methyl sites for hydroxylation is 1. The molecule has 128 valence electrons. The molecule has 24 heavy (non-hydrogen) atoms. The first-order valence-corrected chi connectivity index (χ1v) is 9.71. The molecule has 4 rings (SSSR count). The van der Waals surface area contributed by atoms with Gasteiger partial charge < -0.3 is 0 Å². The van der Waals surface area contributed by atoms with Crippen LogP contribution in [0.25, 0.3) is 0 Å². The van der Waals surface area contributed by atoms with E-state index in [9.17, 15) is 4.79 Å².